The van der Waals surface area contributed by atoms with Gasteiger partial charge in [0.25, 0.3) is 0 Å². The molecule has 1 N–H and O–H groups in total. The van der Waals surface area contributed by atoms with Crippen molar-refractivity contribution in [3.05, 3.63) is 78.1 Å². The van der Waals surface area contributed by atoms with Crippen molar-refractivity contribution in [2.75, 3.05) is 5.75 Å². The number of amidine groups is 1. The Morgan fingerprint density at radius 2 is 1.71 bits per heavy atom. The number of carbonyl (C=O) groups excluding carboxylic acids is 1. The maximum Gasteiger partial charge on any atom is 0.235 e. The van der Waals surface area contributed by atoms with Crippen molar-refractivity contribution in [2.24, 2.45) is 9.98 Å². The van der Waals surface area contributed by atoms with E-state index in [9.17, 15) is 4.79 Å². The molecule has 0 unspecified atom stereocenters. The van der Waals surface area contributed by atoms with Gasteiger partial charge in [-0.25, -0.2) is 15.0 Å². The summed E-state index contributed by atoms with van der Waals surface area (Å²) in [6.45, 7) is 3.98. The lowest BCUT2D eigenvalue weighted by Crippen LogP contribution is -2.38. The van der Waals surface area contributed by atoms with Crippen LogP contribution < -0.4 is 5.32 Å². The fourth-order valence-electron chi connectivity index (χ4n) is 3.41. The fourth-order valence-corrected chi connectivity index (χ4v) is 4.08. The van der Waals surface area contributed by atoms with E-state index in [2.05, 4.69) is 22.2 Å². The molecule has 1 aromatic heterocycles. The zero-order valence-electron chi connectivity index (χ0n) is 17.4. The van der Waals surface area contributed by atoms with Gasteiger partial charge >= 0.3 is 0 Å². The molecule has 3 aromatic rings. The third kappa shape index (κ3) is 5.06. The van der Waals surface area contributed by atoms with E-state index < -0.39 is 0 Å². The van der Waals surface area contributed by atoms with E-state index in [1.54, 1.807) is 6.20 Å². The minimum atomic E-state index is -0.220. The van der Waals surface area contributed by atoms with Crippen LogP contribution in [-0.2, 0) is 4.79 Å². The van der Waals surface area contributed by atoms with Crippen LogP contribution in [0.3, 0.4) is 0 Å². The number of fused-ring (bicyclic) bond motifs is 1. The zero-order chi connectivity index (χ0) is 21.6. The van der Waals surface area contributed by atoms with Crippen LogP contribution in [0.15, 0.2) is 82.0 Å². The first-order valence-electron chi connectivity index (χ1n) is 10.2. The molecule has 7 heteroatoms. The van der Waals surface area contributed by atoms with Crippen LogP contribution in [0.1, 0.15) is 30.5 Å². The van der Waals surface area contributed by atoms with Gasteiger partial charge in [0, 0.05) is 17.6 Å². The van der Waals surface area contributed by atoms with Crippen LogP contribution in [0.4, 0.5) is 11.4 Å². The van der Waals surface area contributed by atoms with Crippen molar-refractivity contribution in [1.82, 2.24) is 15.3 Å². The standard InChI is InChI=1S/C24H23N5OS/c1-3-18-22(17-9-5-4-6-10-17)23(28-20-12-8-7-11-19(20)27-18)29-21(30)15-31-24-25-14-13-16(2)26-24/h4-14,22H,3,15H2,1-2H3,(H,28,29,30)/t22-/m1/s1. The van der Waals surface area contributed by atoms with Crippen LogP contribution in [0.2, 0.25) is 0 Å². The fraction of sp³-hybridized carbons (Fsp3) is 0.208. The lowest BCUT2D eigenvalue weighted by molar-refractivity contribution is -0.117. The predicted octanol–water partition coefficient (Wildman–Crippen LogP) is 5.00. The van der Waals surface area contributed by atoms with Crippen molar-refractivity contribution in [2.45, 2.75) is 31.3 Å². The Morgan fingerprint density at radius 1 is 1.00 bits per heavy atom. The Balaban J connectivity index is 1.64. The normalized spacial score (nSPS) is 15.4. The summed E-state index contributed by atoms with van der Waals surface area (Å²) in [5.41, 5.74) is 4.44. The van der Waals surface area contributed by atoms with Crippen LogP contribution >= 0.6 is 11.8 Å². The smallest absolute Gasteiger partial charge is 0.235 e. The van der Waals surface area contributed by atoms with Crippen LogP contribution in [0.5, 0.6) is 0 Å². The Kier molecular flexibility index (Phi) is 6.52. The number of rotatable bonds is 5. The highest BCUT2D eigenvalue weighted by atomic mass is 32.2. The summed E-state index contributed by atoms with van der Waals surface area (Å²) >= 11 is 1.31. The van der Waals surface area contributed by atoms with Gasteiger partial charge in [0.1, 0.15) is 5.84 Å². The molecule has 6 nitrogen and oxygen atoms in total. The van der Waals surface area contributed by atoms with Gasteiger partial charge in [0.05, 0.1) is 23.0 Å². The van der Waals surface area contributed by atoms with E-state index in [1.807, 2.05) is 67.6 Å². The molecular formula is C24H23N5OS. The van der Waals surface area contributed by atoms with Crippen LogP contribution in [0.25, 0.3) is 0 Å². The molecule has 0 radical (unpaired) electrons. The van der Waals surface area contributed by atoms with Gasteiger partial charge < -0.3 is 5.32 Å². The maximum atomic E-state index is 12.9. The molecule has 0 fully saturated rings. The minimum Gasteiger partial charge on any atom is -0.313 e. The second-order valence-corrected chi connectivity index (χ2v) is 8.05. The van der Waals surface area contributed by atoms with E-state index in [0.29, 0.717) is 11.0 Å². The molecule has 31 heavy (non-hydrogen) atoms. The summed E-state index contributed by atoms with van der Waals surface area (Å²) in [7, 11) is 0. The van der Waals surface area contributed by atoms with Crippen molar-refractivity contribution in [3.8, 4) is 0 Å². The van der Waals surface area contributed by atoms with Gasteiger partial charge in [-0.15, -0.1) is 0 Å². The first-order valence-corrected chi connectivity index (χ1v) is 11.1. The maximum absolute atomic E-state index is 12.9. The lowest BCUT2D eigenvalue weighted by atomic mass is 9.91. The quantitative estimate of drug-likeness (QED) is 0.457. The third-order valence-corrected chi connectivity index (χ3v) is 5.72. The highest BCUT2D eigenvalue weighted by molar-refractivity contribution is 7.99. The first kappa shape index (κ1) is 20.9. The molecule has 0 aliphatic carbocycles. The molecule has 4 rings (SSSR count). The summed E-state index contributed by atoms with van der Waals surface area (Å²) in [6.07, 6.45) is 2.44. The number of hydrogen-bond donors (Lipinski definition) is 1. The van der Waals surface area contributed by atoms with Crippen molar-refractivity contribution >= 4 is 40.6 Å². The number of benzene rings is 2. The molecule has 156 valence electrons. The van der Waals surface area contributed by atoms with Crippen molar-refractivity contribution < 1.29 is 4.79 Å². The molecule has 1 aliphatic heterocycles. The highest BCUT2D eigenvalue weighted by Gasteiger charge is 2.27. The Hall–Kier alpha value is -3.32. The Morgan fingerprint density at radius 3 is 2.42 bits per heavy atom. The van der Waals surface area contributed by atoms with E-state index in [-0.39, 0.29) is 17.6 Å². The van der Waals surface area contributed by atoms with Gasteiger partial charge in [-0.1, -0.05) is 61.2 Å². The summed E-state index contributed by atoms with van der Waals surface area (Å²) in [5.74, 6) is 0.421. The molecular weight excluding hydrogens is 406 g/mol. The molecule has 1 atom stereocenters. The largest absolute Gasteiger partial charge is 0.313 e. The summed E-state index contributed by atoms with van der Waals surface area (Å²) in [5, 5.41) is 3.63. The number of aryl methyl sites for hydroxylation is 1. The average molecular weight is 430 g/mol. The molecule has 0 saturated heterocycles. The Bertz CT molecular complexity index is 1140. The van der Waals surface area contributed by atoms with E-state index in [1.165, 1.54) is 11.8 Å². The third-order valence-electron chi connectivity index (χ3n) is 4.86. The van der Waals surface area contributed by atoms with E-state index in [4.69, 9.17) is 9.98 Å². The van der Waals surface area contributed by atoms with Gasteiger partial charge in [0.2, 0.25) is 5.91 Å². The zero-order valence-corrected chi connectivity index (χ0v) is 18.3. The second-order valence-electron chi connectivity index (χ2n) is 7.10. The molecule has 2 heterocycles. The highest BCUT2D eigenvalue weighted by Crippen LogP contribution is 2.35. The number of aliphatic imine (C=N–C) groups is 2. The minimum absolute atomic E-state index is 0.148. The SMILES string of the molecule is CCC1=Nc2ccccc2N=C(NC(=O)CSc2nccc(C)n2)[C@@H]1c1ccccc1. The number of thioether (sulfide) groups is 1. The summed E-state index contributed by atoms with van der Waals surface area (Å²) in [4.78, 5) is 31.2. The number of nitrogens with one attached hydrogen (secondary N) is 1. The molecule has 2 aromatic carbocycles. The molecule has 1 aliphatic rings. The Labute approximate surface area is 186 Å². The topological polar surface area (TPSA) is 79.6 Å². The number of aromatic nitrogens is 2. The monoisotopic (exact) mass is 429 g/mol. The van der Waals surface area contributed by atoms with E-state index >= 15 is 0 Å². The summed E-state index contributed by atoms with van der Waals surface area (Å²) < 4.78 is 0. The lowest BCUT2D eigenvalue weighted by Gasteiger charge is -2.20. The second kappa shape index (κ2) is 9.66. The van der Waals surface area contributed by atoms with E-state index in [0.717, 1.165) is 34.8 Å². The van der Waals surface area contributed by atoms with Crippen molar-refractivity contribution in [3.63, 3.8) is 0 Å². The van der Waals surface area contributed by atoms with Crippen LogP contribution in [-0.4, -0.2) is 33.2 Å². The predicted molar refractivity (Wildman–Crippen MR) is 126 cm³/mol. The number of carbonyl (C=O) groups is 1. The molecule has 0 saturated carbocycles. The van der Waals surface area contributed by atoms with Gasteiger partial charge in [-0.05, 0) is 37.1 Å². The van der Waals surface area contributed by atoms with Gasteiger partial charge in [0.15, 0.2) is 5.16 Å². The number of hydrogen-bond acceptors (Lipinski definition) is 6. The summed E-state index contributed by atoms with van der Waals surface area (Å²) in [6, 6.07) is 19.6. The number of amides is 1. The first-order chi connectivity index (χ1) is 15.1. The number of nitrogens with zero attached hydrogens (tertiary/aromatic N) is 4. The van der Waals surface area contributed by atoms with Crippen LogP contribution in [0, 0.1) is 6.92 Å². The molecule has 0 spiro atoms. The molecule has 0 bridgehead atoms. The molecule has 1 amide bonds. The van der Waals surface area contributed by atoms with Gasteiger partial charge in [-0.3, -0.25) is 9.79 Å². The average Bonchev–Trinajstić information content (AvgIpc) is 2.94. The number of para-hydroxylation sites is 2. The van der Waals surface area contributed by atoms with Crippen molar-refractivity contribution in [1.29, 1.82) is 0 Å². The van der Waals surface area contributed by atoms with Gasteiger partial charge in [-0.2, -0.15) is 0 Å².